The lowest BCUT2D eigenvalue weighted by Crippen LogP contribution is -2.29. The normalized spacial score (nSPS) is 11.1. The molecular weight excluding hydrogens is 186 g/mol. The van der Waals surface area contributed by atoms with Crippen LogP contribution in [0, 0.1) is 0 Å². The van der Waals surface area contributed by atoms with Crippen LogP contribution in [0.5, 0.6) is 0 Å². The first-order chi connectivity index (χ1) is 6.41. The Bertz CT molecular complexity index is 169. The van der Waals surface area contributed by atoms with Crippen molar-refractivity contribution in [1.29, 1.82) is 0 Å². The minimum absolute atomic E-state index is 0.333. The predicted molar refractivity (Wildman–Crippen MR) is 53.4 cm³/mol. The molecule has 7 N–H and O–H groups in total. The smallest absolute Gasteiger partial charge is 0.320 e. The minimum atomic E-state index is -0.933. The molecule has 1 amide bonds. The number of unbranched alkanes of at least 4 members (excludes halogenated alkanes) is 1. The predicted octanol–water partition coefficient (Wildman–Crippen LogP) is -0.981. The van der Waals surface area contributed by atoms with Crippen molar-refractivity contribution < 1.29 is 14.7 Å². The van der Waals surface area contributed by atoms with Gasteiger partial charge in [-0.05, 0) is 19.4 Å². The Labute approximate surface area is 83.4 Å². The molecule has 0 aliphatic heterocycles. The summed E-state index contributed by atoms with van der Waals surface area (Å²) in [5.41, 5.74) is 14.9. The molecule has 0 aromatic heterocycles. The van der Waals surface area contributed by atoms with Gasteiger partial charge in [0.1, 0.15) is 6.04 Å². The van der Waals surface area contributed by atoms with Gasteiger partial charge in [-0.2, -0.15) is 0 Å². The van der Waals surface area contributed by atoms with Crippen molar-refractivity contribution in [3.8, 4) is 0 Å². The van der Waals surface area contributed by atoms with Crippen molar-refractivity contribution in [2.45, 2.75) is 32.2 Å². The molecule has 6 nitrogen and oxygen atoms in total. The topological polar surface area (TPSA) is 132 Å². The third kappa shape index (κ3) is 17.1. The molecule has 14 heavy (non-hydrogen) atoms. The van der Waals surface area contributed by atoms with Crippen molar-refractivity contribution in [2.24, 2.45) is 17.2 Å². The maximum atomic E-state index is 10.1. The van der Waals surface area contributed by atoms with E-state index in [2.05, 4.69) is 5.73 Å². The van der Waals surface area contributed by atoms with E-state index in [0.29, 0.717) is 13.0 Å². The van der Waals surface area contributed by atoms with E-state index in [4.69, 9.17) is 16.6 Å². The van der Waals surface area contributed by atoms with Crippen LogP contribution in [0.15, 0.2) is 0 Å². The van der Waals surface area contributed by atoms with Crippen LogP contribution in [0.4, 0.5) is 0 Å². The Morgan fingerprint density at radius 2 is 1.79 bits per heavy atom. The fourth-order valence-electron chi connectivity index (χ4n) is 0.632. The average Bonchev–Trinajstić information content (AvgIpc) is 2.03. The van der Waals surface area contributed by atoms with Gasteiger partial charge in [-0.25, -0.2) is 0 Å². The Morgan fingerprint density at radius 1 is 1.36 bits per heavy atom. The fourth-order valence-corrected chi connectivity index (χ4v) is 0.632. The second-order valence-electron chi connectivity index (χ2n) is 2.84. The first-order valence-electron chi connectivity index (χ1n) is 4.36. The minimum Gasteiger partial charge on any atom is -0.480 e. The van der Waals surface area contributed by atoms with Crippen molar-refractivity contribution in [3.63, 3.8) is 0 Å². The highest BCUT2D eigenvalue weighted by atomic mass is 16.4. The van der Waals surface area contributed by atoms with E-state index in [-0.39, 0.29) is 5.91 Å². The van der Waals surface area contributed by atoms with Crippen LogP contribution in [0.1, 0.15) is 26.2 Å². The summed E-state index contributed by atoms with van der Waals surface area (Å²) in [5, 5.41) is 8.33. The molecule has 0 spiro atoms. The van der Waals surface area contributed by atoms with Crippen LogP contribution < -0.4 is 17.2 Å². The second-order valence-corrected chi connectivity index (χ2v) is 2.84. The molecule has 0 saturated carbocycles. The standard InChI is InChI=1S/C6H14N2O2.C2H5NO/c7-4-2-1-3-5(8)6(9)10;1-2(3)4/h5H,1-4,7-8H2,(H,9,10);1H3,(H2,3,4). The maximum Gasteiger partial charge on any atom is 0.320 e. The number of rotatable bonds is 5. The third-order valence-electron chi connectivity index (χ3n) is 1.29. The zero-order valence-corrected chi connectivity index (χ0v) is 8.40. The molecule has 0 rings (SSSR count). The van der Waals surface area contributed by atoms with Gasteiger partial charge < -0.3 is 22.3 Å². The highest BCUT2D eigenvalue weighted by molar-refractivity contribution is 5.72. The van der Waals surface area contributed by atoms with Gasteiger partial charge in [0.25, 0.3) is 0 Å². The summed E-state index contributed by atoms with van der Waals surface area (Å²) in [4.78, 5) is 19.4. The third-order valence-corrected chi connectivity index (χ3v) is 1.29. The van der Waals surface area contributed by atoms with Crippen LogP contribution in [0.3, 0.4) is 0 Å². The molecular formula is C8H19N3O3. The molecule has 84 valence electrons. The van der Waals surface area contributed by atoms with Crippen molar-refractivity contribution >= 4 is 11.9 Å². The Kier molecular flexibility index (Phi) is 10.9. The summed E-state index contributed by atoms with van der Waals surface area (Å²) in [6, 6.07) is -0.716. The number of amides is 1. The van der Waals surface area contributed by atoms with E-state index >= 15 is 0 Å². The number of carboxylic acids is 1. The second kappa shape index (κ2) is 9.94. The van der Waals surface area contributed by atoms with Crippen molar-refractivity contribution in [1.82, 2.24) is 0 Å². The van der Waals surface area contributed by atoms with Crippen molar-refractivity contribution in [3.05, 3.63) is 0 Å². The quantitative estimate of drug-likeness (QED) is 0.428. The van der Waals surface area contributed by atoms with Gasteiger partial charge in [0, 0.05) is 6.92 Å². The van der Waals surface area contributed by atoms with Gasteiger partial charge in [-0.1, -0.05) is 6.42 Å². The lowest BCUT2D eigenvalue weighted by molar-refractivity contribution is -0.138. The summed E-state index contributed by atoms with van der Waals surface area (Å²) in [6.07, 6.45) is 2.16. The van der Waals surface area contributed by atoms with Crippen LogP contribution >= 0.6 is 0 Å². The number of hydrogen-bond donors (Lipinski definition) is 4. The molecule has 0 heterocycles. The molecule has 0 aromatic carbocycles. The number of hydrogen-bond acceptors (Lipinski definition) is 4. The van der Waals surface area contributed by atoms with Gasteiger partial charge in [-0.15, -0.1) is 0 Å². The SMILES string of the molecule is CC(N)=O.NCCCCC(N)C(=O)O. The summed E-state index contributed by atoms with van der Waals surface area (Å²) in [6.45, 7) is 1.91. The van der Waals surface area contributed by atoms with Gasteiger partial charge in [-0.3, -0.25) is 9.59 Å². The zero-order valence-electron chi connectivity index (χ0n) is 8.40. The van der Waals surface area contributed by atoms with Crippen LogP contribution in [0.2, 0.25) is 0 Å². The van der Waals surface area contributed by atoms with E-state index in [1.54, 1.807) is 0 Å². The number of carbonyl (C=O) groups is 2. The number of carbonyl (C=O) groups excluding carboxylic acids is 1. The lowest BCUT2D eigenvalue weighted by Gasteiger charge is -2.03. The van der Waals surface area contributed by atoms with E-state index in [1.165, 1.54) is 6.92 Å². The first kappa shape index (κ1) is 15.3. The van der Waals surface area contributed by atoms with Gasteiger partial charge >= 0.3 is 5.97 Å². The highest BCUT2D eigenvalue weighted by Crippen LogP contribution is 1.96. The number of nitrogens with two attached hydrogens (primary N) is 3. The van der Waals surface area contributed by atoms with Crippen LogP contribution in [0.25, 0.3) is 0 Å². The van der Waals surface area contributed by atoms with E-state index < -0.39 is 12.0 Å². The fraction of sp³-hybridized carbons (Fsp3) is 0.750. The molecule has 1 atom stereocenters. The van der Waals surface area contributed by atoms with E-state index in [9.17, 15) is 9.59 Å². The van der Waals surface area contributed by atoms with E-state index in [0.717, 1.165) is 12.8 Å². The van der Waals surface area contributed by atoms with Crippen LogP contribution in [-0.2, 0) is 9.59 Å². The van der Waals surface area contributed by atoms with Gasteiger partial charge in [0.2, 0.25) is 5.91 Å². The maximum absolute atomic E-state index is 10.1. The Balaban J connectivity index is 0. The molecule has 0 aliphatic rings. The molecule has 1 unspecified atom stereocenters. The van der Waals surface area contributed by atoms with E-state index in [1.807, 2.05) is 0 Å². The summed E-state index contributed by atoms with van der Waals surface area (Å²) >= 11 is 0. The largest absolute Gasteiger partial charge is 0.480 e. The van der Waals surface area contributed by atoms with Crippen molar-refractivity contribution in [2.75, 3.05) is 6.54 Å². The summed E-state index contributed by atoms with van der Waals surface area (Å²) < 4.78 is 0. The summed E-state index contributed by atoms with van der Waals surface area (Å²) in [7, 11) is 0. The molecule has 0 aliphatic carbocycles. The van der Waals surface area contributed by atoms with Gasteiger partial charge in [0.15, 0.2) is 0 Å². The molecule has 0 aromatic rings. The average molecular weight is 205 g/mol. The zero-order chi connectivity index (χ0) is 11.6. The van der Waals surface area contributed by atoms with Crippen LogP contribution in [-0.4, -0.2) is 29.6 Å². The number of primary amides is 1. The molecule has 6 heteroatoms. The number of carboxylic acid groups (broad SMARTS) is 1. The number of aliphatic carboxylic acids is 1. The Hall–Kier alpha value is -1.14. The molecule has 0 bridgehead atoms. The molecule has 0 fully saturated rings. The first-order valence-corrected chi connectivity index (χ1v) is 4.36. The van der Waals surface area contributed by atoms with Gasteiger partial charge in [0.05, 0.1) is 0 Å². The molecule has 0 saturated heterocycles. The lowest BCUT2D eigenvalue weighted by atomic mass is 10.1. The summed E-state index contributed by atoms with van der Waals surface area (Å²) in [5.74, 6) is -1.27. The Morgan fingerprint density at radius 3 is 2.07 bits per heavy atom. The molecule has 0 radical (unpaired) electrons. The monoisotopic (exact) mass is 205 g/mol. The highest BCUT2D eigenvalue weighted by Gasteiger charge is 2.09.